The smallest absolute Gasteiger partial charge is 0.175 e. The van der Waals surface area contributed by atoms with Crippen molar-refractivity contribution in [2.45, 2.75) is 19.4 Å². The van der Waals surface area contributed by atoms with Crippen molar-refractivity contribution in [2.75, 3.05) is 13.2 Å². The fraction of sp³-hybridized carbons (Fsp3) is 0.455. The highest BCUT2D eigenvalue weighted by molar-refractivity contribution is 9.10. The lowest BCUT2D eigenvalue weighted by Crippen LogP contribution is -2.18. The summed E-state index contributed by atoms with van der Waals surface area (Å²) in [6.07, 6.45) is 0.208. The van der Waals surface area contributed by atoms with Crippen LogP contribution in [0.15, 0.2) is 16.6 Å². The second-order valence-electron chi connectivity index (χ2n) is 3.61. The van der Waals surface area contributed by atoms with Crippen molar-refractivity contribution >= 4 is 15.9 Å². The van der Waals surface area contributed by atoms with E-state index in [9.17, 15) is 5.11 Å². The zero-order valence-corrected chi connectivity index (χ0v) is 10.1. The molecule has 1 aliphatic heterocycles. The van der Waals surface area contributed by atoms with Crippen LogP contribution in [0.5, 0.6) is 11.5 Å². The van der Waals surface area contributed by atoms with Gasteiger partial charge in [-0.3, -0.25) is 0 Å². The van der Waals surface area contributed by atoms with Gasteiger partial charge in [-0.25, -0.2) is 0 Å². The Kier molecular flexibility index (Phi) is 3.17. The molecule has 0 fully saturated rings. The molecule has 0 saturated heterocycles. The molecule has 3 nitrogen and oxygen atoms in total. The first kappa shape index (κ1) is 10.8. The van der Waals surface area contributed by atoms with E-state index in [1.54, 1.807) is 6.92 Å². The average molecular weight is 273 g/mol. The molecule has 4 heteroatoms. The standard InChI is InChI=1S/C11H13BrO3/c1-7(13)6-8-2-3-9(12)11-10(8)14-4-5-15-11/h2-3,7,13H,4-6H2,1H3. The molecule has 0 saturated carbocycles. The predicted octanol–water partition coefficient (Wildman–Crippen LogP) is 2.14. The topological polar surface area (TPSA) is 38.7 Å². The van der Waals surface area contributed by atoms with Gasteiger partial charge in [0, 0.05) is 12.0 Å². The van der Waals surface area contributed by atoms with Crippen LogP contribution in [0.4, 0.5) is 0 Å². The molecule has 1 aromatic carbocycles. The van der Waals surface area contributed by atoms with Gasteiger partial charge in [0.25, 0.3) is 0 Å². The Morgan fingerprint density at radius 1 is 1.33 bits per heavy atom. The molecule has 1 atom stereocenters. The van der Waals surface area contributed by atoms with Crippen molar-refractivity contribution in [1.29, 1.82) is 0 Å². The summed E-state index contributed by atoms with van der Waals surface area (Å²) in [7, 11) is 0. The third kappa shape index (κ3) is 2.26. The minimum absolute atomic E-state index is 0.374. The summed E-state index contributed by atoms with van der Waals surface area (Å²) < 4.78 is 12.0. The average Bonchev–Trinajstić information content (AvgIpc) is 2.22. The second kappa shape index (κ2) is 4.41. The highest BCUT2D eigenvalue weighted by Crippen LogP contribution is 2.40. The first-order valence-corrected chi connectivity index (χ1v) is 5.73. The number of ether oxygens (including phenoxy) is 2. The van der Waals surface area contributed by atoms with Gasteiger partial charge in [0.15, 0.2) is 11.5 Å². The van der Waals surface area contributed by atoms with Crippen molar-refractivity contribution in [3.63, 3.8) is 0 Å². The Bertz CT molecular complexity index is 363. The van der Waals surface area contributed by atoms with Crippen LogP contribution in [0, 0.1) is 0 Å². The van der Waals surface area contributed by atoms with E-state index in [0.29, 0.717) is 19.6 Å². The minimum atomic E-state index is -0.374. The van der Waals surface area contributed by atoms with E-state index in [1.807, 2.05) is 12.1 Å². The first-order chi connectivity index (χ1) is 7.18. The number of fused-ring (bicyclic) bond motifs is 1. The maximum absolute atomic E-state index is 9.37. The van der Waals surface area contributed by atoms with Gasteiger partial charge in [0.2, 0.25) is 0 Å². The van der Waals surface area contributed by atoms with Crippen molar-refractivity contribution in [2.24, 2.45) is 0 Å². The van der Waals surface area contributed by atoms with Gasteiger partial charge < -0.3 is 14.6 Å². The molecule has 1 aromatic rings. The first-order valence-electron chi connectivity index (χ1n) is 4.93. The molecule has 0 bridgehead atoms. The maximum Gasteiger partial charge on any atom is 0.175 e. The molecule has 2 rings (SSSR count). The zero-order valence-electron chi connectivity index (χ0n) is 8.50. The summed E-state index contributed by atoms with van der Waals surface area (Å²) >= 11 is 3.41. The normalized spacial score (nSPS) is 16.2. The van der Waals surface area contributed by atoms with Crippen LogP contribution >= 0.6 is 15.9 Å². The molecule has 0 aromatic heterocycles. The van der Waals surface area contributed by atoms with Gasteiger partial charge in [0.1, 0.15) is 13.2 Å². The number of aliphatic hydroxyl groups is 1. The van der Waals surface area contributed by atoms with Gasteiger partial charge in [-0.15, -0.1) is 0 Å². The van der Waals surface area contributed by atoms with Crippen LogP contribution in [-0.2, 0) is 6.42 Å². The van der Waals surface area contributed by atoms with Crippen LogP contribution < -0.4 is 9.47 Å². The van der Waals surface area contributed by atoms with Crippen LogP contribution in [0.25, 0.3) is 0 Å². The number of hydrogen-bond acceptors (Lipinski definition) is 3. The van der Waals surface area contributed by atoms with Crippen LogP contribution in [-0.4, -0.2) is 24.4 Å². The van der Waals surface area contributed by atoms with E-state index in [1.165, 1.54) is 0 Å². The Morgan fingerprint density at radius 3 is 2.67 bits per heavy atom. The Morgan fingerprint density at radius 2 is 2.00 bits per heavy atom. The van der Waals surface area contributed by atoms with Crippen LogP contribution in [0.3, 0.4) is 0 Å². The number of hydrogen-bond donors (Lipinski definition) is 1. The lowest BCUT2D eigenvalue weighted by molar-refractivity contribution is 0.163. The highest BCUT2D eigenvalue weighted by Gasteiger charge is 2.19. The van der Waals surface area contributed by atoms with E-state index >= 15 is 0 Å². The predicted molar refractivity (Wildman–Crippen MR) is 60.5 cm³/mol. The fourth-order valence-corrected chi connectivity index (χ4v) is 2.07. The van der Waals surface area contributed by atoms with Gasteiger partial charge in [0.05, 0.1) is 10.6 Å². The van der Waals surface area contributed by atoms with Gasteiger partial charge in [-0.2, -0.15) is 0 Å². The monoisotopic (exact) mass is 272 g/mol. The summed E-state index contributed by atoms with van der Waals surface area (Å²) in [5, 5.41) is 9.37. The lowest BCUT2D eigenvalue weighted by Gasteiger charge is -2.22. The third-order valence-electron chi connectivity index (χ3n) is 2.24. The fourth-order valence-electron chi connectivity index (χ4n) is 1.64. The van der Waals surface area contributed by atoms with Crippen molar-refractivity contribution in [1.82, 2.24) is 0 Å². The lowest BCUT2D eigenvalue weighted by atomic mass is 10.1. The van der Waals surface area contributed by atoms with Crippen LogP contribution in [0.2, 0.25) is 0 Å². The van der Waals surface area contributed by atoms with E-state index < -0.39 is 0 Å². The Balaban J connectivity index is 2.39. The molecule has 82 valence electrons. The van der Waals surface area contributed by atoms with Crippen molar-refractivity contribution in [3.05, 3.63) is 22.2 Å². The maximum atomic E-state index is 9.37. The summed E-state index contributed by atoms with van der Waals surface area (Å²) in [6.45, 7) is 2.90. The summed E-state index contributed by atoms with van der Waals surface area (Å²) in [5.74, 6) is 1.51. The van der Waals surface area contributed by atoms with Crippen molar-refractivity contribution in [3.8, 4) is 11.5 Å². The number of halogens is 1. The quantitative estimate of drug-likeness (QED) is 0.897. The van der Waals surface area contributed by atoms with Crippen LogP contribution in [0.1, 0.15) is 12.5 Å². The molecule has 1 heterocycles. The zero-order chi connectivity index (χ0) is 10.8. The molecule has 1 aliphatic rings. The Labute approximate surface area is 97.1 Å². The summed E-state index contributed by atoms with van der Waals surface area (Å²) in [6, 6.07) is 3.87. The van der Waals surface area contributed by atoms with Gasteiger partial charge in [-0.05, 0) is 28.9 Å². The molecule has 0 spiro atoms. The van der Waals surface area contributed by atoms with Gasteiger partial charge >= 0.3 is 0 Å². The van der Waals surface area contributed by atoms with Gasteiger partial charge in [-0.1, -0.05) is 6.07 Å². The molecule has 1 N–H and O–H groups in total. The van der Waals surface area contributed by atoms with E-state index in [0.717, 1.165) is 21.5 Å². The number of aliphatic hydroxyl groups excluding tert-OH is 1. The highest BCUT2D eigenvalue weighted by atomic mass is 79.9. The van der Waals surface area contributed by atoms with Crippen molar-refractivity contribution < 1.29 is 14.6 Å². The molecule has 0 aliphatic carbocycles. The van der Waals surface area contributed by atoms with E-state index in [4.69, 9.17) is 9.47 Å². The van der Waals surface area contributed by atoms with E-state index in [2.05, 4.69) is 15.9 Å². The minimum Gasteiger partial charge on any atom is -0.486 e. The molecule has 15 heavy (non-hydrogen) atoms. The second-order valence-corrected chi connectivity index (χ2v) is 4.47. The van der Waals surface area contributed by atoms with E-state index in [-0.39, 0.29) is 6.10 Å². The number of rotatable bonds is 2. The number of benzene rings is 1. The molecule has 1 unspecified atom stereocenters. The summed E-state index contributed by atoms with van der Waals surface area (Å²) in [4.78, 5) is 0. The third-order valence-corrected chi connectivity index (χ3v) is 2.86. The molecular weight excluding hydrogens is 260 g/mol. The molecular formula is C11H13BrO3. The summed E-state index contributed by atoms with van der Waals surface area (Å²) in [5.41, 5.74) is 0.989. The Hall–Kier alpha value is -0.740. The largest absolute Gasteiger partial charge is 0.486 e. The molecule has 0 amide bonds. The SMILES string of the molecule is CC(O)Cc1ccc(Br)c2c1OCCO2. The molecule has 0 radical (unpaired) electrons.